The van der Waals surface area contributed by atoms with Crippen LogP contribution in [0.1, 0.15) is 51.9 Å². The number of nitrogens with two attached hydrogens (primary N) is 1. The van der Waals surface area contributed by atoms with Gasteiger partial charge in [-0.1, -0.05) is 57.0 Å². The largest absolute Gasteiger partial charge is 0.381 e. The van der Waals surface area contributed by atoms with Crippen LogP contribution in [0.5, 0.6) is 0 Å². The average molecular weight is 244 g/mol. The van der Waals surface area contributed by atoms with Gasteiger partial charge in [0.05, 0.1) is 0 Å². The smallest absolute Gasteiger partial charge is 0.164 e. The highest BCUT2D eigenvalue weighted by Gasteiger charge is 2.01. The lowest BCUT2D eigenvalue weighted by Crippen LogP contribution is -1.99. The molecule has 1 heterocycles. The van der Waals surface area contributed by atoms with Crippen LogP contribution in [-0.2, 0) is 6.54 Å². The fourth-order valence-corrected chi connectivity index (χ4v) is 1.91. The highest BCUT2D eigenvalue weighted by Crippen LogP contribution is 2.16. The van der Waals surface area contributed by atoms with Crippen LogP contribution in [0.2, 0.25) is 5.02 Å². The number of hydrogen-bond acceptors (Lipinski definition) is 2. The minimum Gasteiger partial charge on any atom is -0.381 e. The molecule has 4 heteroatoms. The van der Waals surface area contributed by atoms with Gasteiger partial charge in [-0.25, -0.2) is 0 Å². The molecule has 0 saturated heterocycles. The maximum Gasteiger partial charge on any atom is 0.164 e. The van der Waals surface area contributed by atoms with E-state index in [0.29, 0.717) is 10.8 Å². The Morgan fingerprint density at radius 3 is 2.38 bits per heavy atom. The molecular weight excluding hydrogens is 222 g/mol. The lowest BCUT2D eigenvalue weighted by molar-refractivity contribution is 0.524. The van der Waals surface area contributed by atoms with Crippen LogP contribution >= 0.6 is 11.6 Å². The van der Waals surface area contributed by atoms with E-state index >= 15 is 0 Å². The second kappa shape index (κ2) is 7.55. The Hall–Kier alpha value is -0.700. The Labute approximate surface area is 103 Å². The Kier molecular flexibility index (Phi) is 6.31. The summed E-state index contributed by atoms with van der Waals surface area (Å²) in [5.41, 5.74) is 5.56. The van der Waals surface area contributed by atoms with Crippen LogP contribution in [0.4, 0.5) is 5.82 Å². The fourth-order valence-electron chi connectivity index (χ4n) is 1.76. The number of nitrogens with zero attached hydrogens (tertiary/aromatic N) is 2. The Balaban J connectivity index is 2.03. The molecule has 0 atom stereocenters. The van der Waals surface area contributed by atoms with Crippen molar-refractivity contribution in [1.82, 2.24) is 9.78 Å². The summed E-state index contributed by atoms with van der Waals surface area (Å²) in [4.78, 5) is 0. The third-order valence-electron chi connectivity index (χ3n) is 2.73. The van der Waals surface area contributed by atoms with E-state index in [1.54, 1.807) is 6.20 Å². The predicted octanol–water partition coefficient (Wildman–Crippen LogP) is 3.87. The first-order valence-corrected chi connectivity index (χ1v) is 6.60. The molecule has 0 spiro atoms. The van der Waals surface area contributed by atoms with Crippen molar-refractivity contribution in [2.24, 2.45) is 0 Å². The normalized spacial score (nSPS) is 10.9. The van der Waals surface area contributed by atoms with E-state index in [0.717, 1.165) is 13.0 Å². The standard InChI is InChI=1S/C12H22ClN3/c1-2-3-4-5-6-7-8-9-16-10-11(13)12(14)15-16/h10H,2-9H2,1H3,(H2,14,15). The average Bonchev–Trinajstić information content (AvgIpc) is 2.57. The molecule has 0 fully saturated rings. The van der Waals surface area contributed by atoms with Crippen LogP contribution in [0.3, 0.4) is 0 Å². The third-order valence-corrected chi connectivity index (χ3v) is 3.03. The van der Waals surface area contributed by atoms with Gasteiger partial charge in [-0.05, 0) is 6.42 Å². The summed E-state index contributed by atoms with van der Waals surface area (Å²) in [6.07, 6.45) is 11.0. The lowest BCUT2D eigenvalue weighted by Gasteiger charge is -2.01. The lowest BCUT2D eigenvalue weighted by atomic mass is 10.1. The molecule has 16 heavy (non-hydrogen) atoms. The van der Waals surface area contributed by atoms with Gasteiger partial charge in [0.2, 0.25) is 0 Å². The van der Waals surface area contributed by atoms with E-state index < -0.39 is 0 Å². The topological polar surface area (TPSA) is 43.8 Å². The van der Waals surface area contributed by atoms with Gasteiger partial charge in [-0.15, -0.1) is 0 Å². The van der Waals surface area contributed by atoms with Crippen LogP contribution in [0.15, 0.2) is 6.20 Å². The van der Waals surface area contributed by atoms with Crippen molar-refractivity contribution >= 4 is 17.4 Å². The van der Waals surface area contributed by atoms with Gasteiger partial charge >= 0.3 is 0 Å². The van der Waals surface area contributed by atoms with E-state index in [4.69, 9.17) is 17.3 Å². The first kappa shape index (κ1) is 13.4. The third kappa shape index (κ3) is 4.88. The number of nitrogen functional groups attached to an aromatic ring is 1. The van der Waals surface area contributed by atoms with Gasteiger partial charge in [0.1, 0.15) is 5.02 Å². The number of hydrogen-bond donors (Lipinski definition) is 1. The van der Waals surface area contributed by atoms with Gasteiger partial charge in [0.25, 0.3) is 0 Å². The number of aromatic nitrogens is 2. The minimum atomic E-state index is 0.435. The van der Waals surface area contributed by atoms with Crippen molar-refractivity contribution in [3.8, 4) is 0 Å². The van der Waals surface area contributed by atoms with Crippen LogP contribution in [-0.4, -0.2) is 9.78 Å². The molecule has 0 unspecified atom stereocenters. The minimum absolute atomic E-state index is 0.435. The van der Waals surface area contributed by atoms with Crippen LogP contribution in [0.25, 0.3) is 0 Å². The van der Waals surface area contributed by atoms with Crippen molar-refractivity contribution in [3.05, 3.63) is 11.2 Å². The molecule has 0 bridgehead atoms. The van der Waals surface area contributed by atoms with Gasteiger partial charge in [-0.2, -0.15) is 5.10 Å². The van der Waals surface area contributed by atoms with Crippen molar-refractivity contribution < 1.29 is 0 Å². The number of anilines is 1. The van der Waals surface area contributed by atoms with Gasteiger partial charge in [0.15, 0.2) is 5.82 Å². The summed E-state index contributed by atoms with van der Waals surface area (Å²) in [7, 11) is 0. The molecule has 92 valence electrons. The molecule has 0 amide bonds. The summed E-state index contributed by atoms with van der Waals surface area (Å²) in [6.45, 7) is 3.16. The molecule has 1 aromatic heterocycles. The van der Waals surface area contributed by atoms with E-state index in [1.165, 1.54) is 38.5 Å². The van der Waals surface area contributed by atoms with E-state index in [2.05, 4.69) is 12.0 Å². The van der Waals surface area contributed by atoms with Crippen molar-refractivity contribution in [1.29, 1.82) is 0 Å². The van der Waals surface area contributed by atoms with E-state index in [9.17, 15) is 0 Å². The van der Waals surface area contributed by atoms with Crippen molar-refractivity contribution in [2.75, 3.05) is 5.73 Å². The molecule has 3 nitrogen and oxygen atoms in total. The van der Waals surface area contributed by atoms with E-state index in [1.807, 2.05) is 4.68 Å². The van der Waals surface area contributed by atoms with Gasteiger partial charge in [0, 0.05) is 12.7 Å². The zero-order chi connectivity index (χ0) is 11.8. The van der Waals surface area contributed by atoms with Crippen LogP contribution in [0, 0.1) is 0 Å². The van der Waals surface area contributed by atoms with Crippen LogP contribution < -0.4 is 5.73 Å². The molecule has 1 rings (SSSR count). The highest BCUT2D eigenvalue weighted by molar-refractivity contribution is 6.32. The SMILES string of the molecule is CCCCCCCCCn1cc(Cl)c(N)n1. The summed E-state index contributed by atoms with van der Waals surface area (Å²) >= 11 is 5.82. The van der Waals surface area contributed by atoms with Crippen molar-refractivity contribution in [2.45, 2.75) is 58.4 Å². The molecule has 0 aromatic carbocycles. The second-order valence-electron chi connectivity index (χ2n) is 4.25. The Morgan fingerprint density at radius 1 is 1.19 bits per heavy atom. The van der Waals surface area contributed by atoms with E-state index in [-0.39, 0.29) is 0 Å². The summed E-state index contributed by atoms with van der Waals surface area (Å²) in [6, 6.07) is 0. The molecule has 0 saturated carbocycles. The zero-order valence-corrected chi connectivity index (χ0v) is 10.8. The zero-order valence-electron chi connectivity index (χ0n) is 10.1. The number of unbranched alkanes of at least 4 members (excludes halogenated alkanes) is 6. The molecule has 0 aliphatic carbocycles. The number of rotatable bonds is 8. The first-order chi connectivity index (χ1) is 7.74. The monoisotopic (exact) mass is 243 g/mol. The van der Waals surface area contributed by atoms with Crippen molar-refractivity contribution in [3.63, 3.8) is 0 Å². The fraction of sp³-hybridized carbons (Fsp3) is 0.750. The second-order valence-corrected chi connectivity index (χ2v) is 4.65. The molecule has 0 aliphatic rings. The van der Waals surface area contributed by atoms with Gasteiger partial charge in [-0.3, -0.25) is 4.68 Å². The maximum absolute atomic E-state index is 5.82. The molecule has 2 N–H and O–H groups in total. The predicted molar refractivity (Wildman–Crippen MR) is 69.6 cm³/mol. The summed E-state index contributed by atoms with van der Waals surface area (Å²) in [5.74, 6) is 0.435. The number of aryl methyl sites for hydroxylation is 1. The molecular formula is C12H22ClN3. The molecule has 1 aromatic rings. The highest BCUT2D eigenvalue weighted by atomic mass is 35.5. The quantitative estimate of drug-likeness (QED) is 0.705. The Bertz CT molecular complexity index is 277. The molecule has 0 aliphatic heterocycles. The Morgan fingerprint density at radius 2 is 1.81 bits per heavy atom. The summed E-state index contributed by atoms with van der Waals surface area (Å²) < 4.78 is 1.84. The van der Waals surface area contributed by atoms with Gasteiger partial charge < -0.3 is 5.73 Å². The first-order valence-electron chi connectivity index (χ1n) is 6.22. The maximum atomic E-state index is 5.82. The molecule has 0 radical (unpaired) electrons. The number of halogens is 1. The summed E-state index contributed by atoms with van der Waals surface area (Å²) in [5, 5.41) is 4.68.